The summed E-state index contributed by atoms with van der Waals surface area (Å²) in [7, 11) is 0. The molecule has 144 valence electrons. The fourth-order valence-electron chi connectivity index (χ4n) is 2.55. The average molecular weight is 398 g/mol. The number of nitrogens with zero attached hydrogens (tertiary/aromatic N) is 1. The Morgan fingerprint density at radius 1 is 0.964 bits per heavy atom. The molecule has 0 radical (unpaired) electrons. The Balaban J connectivity index is 1.75. The number of rotatable bonds is 7. The van der Waals surface area contributed by atoms with E-state index in [4.69, 9.17) is 21.1 Å². The fraction of sp³-hybridized carbons (Fsp3) is 0.174. The van der Waals surface area contributed by atoms with Crippen LogP contribution in [0.1, 0.15) is 23.6 Å². The molecule has 0 amide bonds. The maximum absolute atomic E-state index is 13.0. The maximum Gasteiger partial charge on any atom is 0.161 e. The number of aliphatic imine (C=N–C) groups is 1. The Morgan fingerprint density at radius 3 is 2.46 bits per heavy atom. The number of ether oxygens (including phenoxy) is 2. The highest BCUT2D eigenvalue weighted by Crippen LogP contribution is 2.29. The molecule has 5 heteroatoms. The van der Waals surface area contributed by atoms with Crippen molar-refractivity contribution < 1.29 is 13.9 Å². The smallest absolute Gasteiger partial charge is 0.161 e. The highest BCUT2D eigenvalue weighted by molar-refractivity contribution is 6.31. The van der Waals surface area contributed by atoms with Crippen LogP contribution in [0.15, 0.2) is 65.7 Å². The number of aryl methyl sites for hydroxylation is 1. The van der Waals surface area contributed by atoms with Crippen molar-refractivity contribution in [2.24, 2.45) is 4.99 Å². The predicted octanol–water partition coefficient (Wildman–Crippen LogP) is 6.52. The summed E-state index contributed by atoms with van der Waals surface area (Å²) in [6.07, 6.45) is 1.76. The summed E-state index contributed by atoms with van der Waals surface area (Å²) in [5.41, 5.74) is 3.56. The van der Waals surface area contributed by atoms with Crippen LogP contribution in [0.2, 0.25) is 5.02 Å². The van der Waals surface area contributed by atoms with E-state index in [-0.39, 0.29) is 5.82 Å². The first-order chi connectivity index (χ1) is 13.5. The van der Waals surface area contributed by atoms with Gasteiger partial charge in [0, 0.05) is 11.2 Å². The molecule has 3 nitrogen and oxygen atoms in total. The summed E-state index contributed by atoms with van der Waals surface area (Å²) in [6.45, 7) is 4.71. The van der Waals surface area contributed by atoms with E-state index in [0.29, 0.717) is 29.7 Å². The SMILES string of the molecule is CCOc1cc(C=Nc2ccc(C)c(Cl)c2)ccc1OCc1ccc(F)cc1. The molecule has 0 aliphatic heterocycles. The van der Waals surface area contributed by atoms with Crippen molar-refractivity contribution in [2.45, 2.75) is 20.5 Å². The van der Waals surface area contributed by atoms with Gasteiger partial charge in [-0.05, 0) is 73.0 Å². The lowest BCUT2D eigenvalue weighted by atomic mass is 10.2. The topological polar surface area (TPSA) is 30.8 Å². The minimum Gasteiger partial charge on any atom is -0.490 e. The van der Waals surface area contributed by atoms with Gasteiger partial charge in [0.05, 0.1) is 12.3 Å². The highest BCUT2D eigenvalue weighted by atomic mass is 35.5. The molecule has 0 aromatic heterocycles. The highest BCUT2D eigenvalue weighted by Gasteiger charge is 2.07. The largest absolute Gasteiger partial charge is 0.490 e. The molecule has 3 aromatic rings. The summed E-state index contributed by atoms with van der Waals surface area (Å²) in [5.74, 6) is 0.995. The molecule has 3 aromatic carbocycles. The lowest BCUT2D eigenvalue weighted by Gasteiger charge is -2.12. The Bertz CT molecular complexity index is 971. The molecule has 0 saturated heterocycles. The van der Waals surface area contributed by atoms with E-state index in [1.165, 1.54) is 12.1 Å². The third-order valence-electron chi connectivity index (χ3n) is 4.09. The fourth-order valence-corrected chi connectivity index (χ4v) is 2.72. The van der Waals surface area contributed by atoms with E-state index < -0.39 is 0 Å². The van der Waals surface area contributed by atoms with Crippen LogP contribution in [0.3, 0.4) is 0 Å². The molecule has 0 atom stereocenters. The van der Waals surface area contributed by atoms with E-state index in [2.05, 4.69) is 4.99 Å². The lowest BCUT2D eigenvalue weighted by molar-refractivity contribution is 0.269. The second-order valence-electron chi connectivity index (χ2n) is 6.25. The molecule has 0 spiro atoms. The summed E-state index contributed by atoms with van der Waals surface area (Å²) in [4.78, 5) is 4.47. The van der Waals surface area contributed by atoms with Gasteiger partial charge in [-0.1, -0.05) is 29.8 Å². The third-order valence-corrected chi connectivity index (χ3v) is 4.50. The molecule has 0 aliphatic rings. The second kappa shape index (κ2) is 9.38. The molecule has 3 rings (SSSR count). The average Bonchev–Trinajstić information content (AvgIpc) is 2.69. The van der Waals surface area contributed by atoms with Crippen LogP contribution in [0.25, 0.3) is 0 Å². The van der Waals surface area contributed by atoms with Gasteiger partial charge in [-0.3, -0.25) is 4.99 Å². The Labute approximate surface area is 169 Å². The lowest BCUT2D eigenvalue weighted by Crippen LogP contribution is -2.00. The van der Waals surface area contributed by atoms with E-state index in [1.54, 1.807) is 18.3 Å². The van der Waals surface area contributed by atoms with Crippen LogP contribution < -0.4 is 9.47 Å². The van der Waals surface area contributed by atoms with Gasteiger partial charge >= 0.3 is 0 Å². The Kier molecular flexibility index (Phi) is 6.66. The zero-order chi connectivity index (χ0) is 19.9. The van der Waals surface area contributed by atoms with E-state index in [0.717, 1.165) is 22.4 Å². The van der Waals surface area contributed by atoms with Gasteiger partial charge in [0.15, 0.2) is 11.5 Å². The van der Waals surface area contributed by atoms with Gasteiger partial charge in [0.1, 0.15) is 12.4 Å². The minimum atomic E-state index is -0.266. The molecular formula is C23H21ClFNO2. The molecule has 28 heavy (non-hydrogen) atoms. The van der Waals surface area contributed by atoms with Crippen molar-refractivity contribution in [2.75, 3.05) is 6.61 Å². The van der Waals surface area contributed by atoms with E-state index in [9.17, 15) is 4.39 Å². The monoisotopic (exact) mass is 397 g/mol. The first-order valence-electron chi connectivity index (χ1n) is 8.99. The molecule has 0 heterocycles. The number of benzene rings is 3. The first-order valence-corrected chi connectivity index (χ1v) is 9.37. The van der Waals surface area contributed by atoms with Crippen LogP contribution >= 0.6 is 11.6 Å². The molecule has 0 fully saturated rings. The maximum atomic E-state index is 13.0. The van der Waals surface area contributed by atoms with Crippen LogP contribution in [0, 0.1) is 12.7 Å². The third kappa shape index (κ3) is 5.33. The van der Waals surface area contributed by atoms with E-state index in [1.807, 2.05) is 50.2 Å². The molecule has 0 aliphatic carbocycles. The van der Waals surface area contributed by atoms with Crippen LogP contribution in [0.4, 0.5) is 10.1 Å². The molecular weight excluding hydrogens is 377 g/mol. The summed E-state index contributed by atoms with van der Waals surface area (Å²) in [5, 5.41) is 0.689. The van der Waals surface area contributed by atoms with Crippen molar-refractivity contribution in [3.8, 4) is 11.5 Å². The van der Waals surface area contributed by atoms with Crippen molar-refractivity contribution in [3.63, 3.8) is 0 Å². The molecule has 0 unspecified atom stereocenters. The molecule has 0 saturated carbocycles. The number of hydrogen-bond donors (Lipinski definition) is 0. The number of halogens is 2. The zero-order valence-corrected chi connectivity index (χ0v) is 16.5. The molecule has 0 N–H and O–H groups in total. The predicted molar refractivity (Wildman–Crippen MR) is 112 cm³/mol. The van der Waals surface area contributed by atoms with Gasteiger partial charge in [-0.2, -0.15) is 0 Å². The van der Waals surface area contributed by atoms with Crippen LogP contribution in [-0.2, 0) is 6.61 Å². The van der Waals surface area contributed by atoms with Gasteiger partial charge in [0.25, 0.3) is 0 Å². The summed E-state index contributed by atoms with van der Waals surface area (Å²) >= 11 is 6.15. The Morgan fingerprint density at radius 2 is 1.75 bits per heavy atom. The Hall–Kier alpha value is -2.85. The van der Waals surface area contributed by atoms with Crippen LogP contribution in [0.5, 0.6) is 11.5 Å². The van der Waals surface area contributed by atoms with Gasteiger partial charge < -0.3 is 9.47 Å². The standard InChI is InChI=1S/C23H21ClFNO2/c1-3-27-23-12-18(14-26-20-10-4-16(2)21(24)13-20)7-11-22(23)28-15-17-5-8-19(25)9-6-17/h4-14H,3,15H2,1-2H3. The minimum absolute atomic E-state index is 0.266. The van der Waals surface area contributed by atoms with Gasteiger partial charge in [-0.15, -0.1) is 0 Å². The number of hydrogen-bond acceptors (Lipinski definition) is 3. The van der Waals surface area contributed by atoms with Crippen molar-refractivity contribution in [1.82, 2.24) is 0 Å². The van der Waals surface area contributed by atoms with Crippen LogP contribution in [-0.4, -0.2) is 12.8 Å². The zero-order valence-electron chi connectivity index (χ0n) is 15.8. The normalized spacial score (nSPS) is 11.0. The quantitative estimate of drug-likeness (QED) is 0.425. The van der Waals surface area contributed by atoms with Gasteiger partial charge in [-0.25, -0.2) is 4.39 Å². The molecule has 0 bridgehead atoms. The van der Waals surface area contributed by atoms with E-state index >= 15 is 0 Å². The second-order valence-corrected chi connectivity index (χ2v) is 6.65. The first kappa shape index (κ1) is 19.9. The van der Waals surface area contributed by atoms with Crippen molar-refractivity contribution in [3.05, 3.63) is 88.2 Å². The summed E-state index contributed by atoms with van der Waals surface area (Å²) in [6, 6.07) is 17.5. The van der Waals surface area contributed by atoms with Gasteiger partial charge in [0.2, 0.25) is 0 Å². The van der Waals surface area contributed by atoms with Crippen molar-refractivity contribution >= 4 is 23.5 Å². The van der Waals surface area contributed by atoms with Crippen molar-refractivity contribution in [1.29, 1.82) is 0 Å². The summed E-state index contributed by atoms with van der Waals surface area (Å²) < 4.78 is 24.6.